The Bertz CT molecular complexity index is 621. The molecule has 0 aliphatic heterocycles. The Morgan fingerprint density at radius 3 is 2.89 bits per heavy atom. The van der Waals surface area contributed by atoms with Gasteiger partial charge in [-0.05, 0) is 44.7 Å². The second-order valence-electron chi connectivity index (χ2n) is 5.27. The van der Waals surface area contributed by atoms with E-state index in [1.807, 2.05) is 36.9 Å². The van der Waals surface area contributed by atoms with Gasteiger partial charge in [-0.1, -0.05) is 0 Å². The van der Waals surface area contributed by atoms with Gasteiger partial charge in [0.1, 0.15) is 5.82 Å². The van der Waals surface area contributed by atoms with E-state index in [1.165, 1.54) is 24.2 Å². The number of fused-ring (bicyclic) bond motifs is 1. The summed E-state index contributed by atoms with van der Waals surface area (Å²) in [5.74, 6) is 1.12. The Morgan fingerprint density at radius 1 is 1.37 bits per heavy atom. The van der Waals surface area contributed by atoms with Gasteiger partial charge < -0.3 is 9.13 Å². The summed E-state index contributed by atoms with van der Waals surface area (Å²) in [5.41, 5.74) is 3.23. The summed E-state index contributed by atoms with van der Waals surface area (Å²) >= 11 is 0. The zero-order valence-corrected chi connectivity index (χ0v) is 11.5. The van der Waals surface area contributed by atoms with Crippen LogP contribution >= 0.6 is 0 Å². The number of hydrogen-bond donors (Lipinski definition) is 0. The first kappa shape index (κ1) is 12.2. The maximum absolute atomic E-state index is 12.4. The van der Waals surface area contributed by atoms with E-state index in [2.05, 4.69) is 9.55 Å². The molecular weight excluding hydrogens is 238 g/mol. The van der Waals surface area contributed by atoms with Crippen LogP contribution in [0.2, 0.25) is 0 Å². The summed E-state index contributed by atoms with van der Waals surface area (Å²) in [5, 5.41) is 0. The molecular formula is C15H19N3O. The van der Waals surface area contributed by atoms with Crippen LogP contribution in [-0.2, 0) is 26.4 Å². The van der Waals surface area contributed by atoms with E-state index in [0.717, 1.165) is 24.4 Å². The topological polar surface area (TPSA) is 39.8 Å². The molecule has 100 valence electrons. The van der Waals surface area contributed by atoms with Crippen LogP contribution in [0, 0.1) is 6.92 Å². The molecule has 0 saturated heterocycles. The molecule has 0 N–H and O–H groups in total. The summed E-state index contributed by atoms with van der Waals surface area (Å²) in [4.78, 5) is 17.0. The molecule has 0 saturated carbocycles. The molecule has 0 amide bonds. The highest BCUT2D eigenvalue weighted by Gasteiger charge is 2.20. The third-order valence-corrected chi connectivity index (χ3v) is 3.95. The van der Waals surface area contributed by atoms with Gasteiger partial charge in [0.2, 0.25) is 0 Å². The van der Waals surface area contributed by atoms with Gasteiger partial charge >= 0.3 is 0 Å². The van der Waals surface area contributed by atoms with E-state index < -0.39 is 0 Å². The fourth-order valence-electron chi connectivity index (χ4n) is 2.92. The molecule has 4 nitrogen and oxygen atoms in total. The number of Topliss-reactive ketones (excluding diaryl/α,β-unsaturated/α-hetero) is 1. The summed E-state index contributed by atoms with van der Waals surface area (Å²) in [6.07, 6.45) is 6.44. The summed E-state index contributed by atoms with van der Waals surface area (Å²) in [7, 11) is 1.91. The molecule has 2 aromatic heterocycles. The van der Waals surface area contributed by atoms with E-state index >= 15 is 0 Å². The molecule has 19 heavy (non-hydrogen) atoms. The minimum atomic E-state index is 0.154. The van der Waals surface area contributed by atoms with Gasteiger partial charge in [-0.3, -0.25) is 4.79 Å². The maximum atomic E-state index is 12.4. The average molecular weight is 257 g/mol. The highest BCUT2D eigenvalue weighted by atomic mass is 16.1. The molecule has 0 unspecified atom stereocenters. The first-order valence-corrected chi connectivity index (χ1v) is 6.86. The lowest BCUT2D eigenvalue weighted by molar-refractivity contribution is 0.0962. The second kappa shape index (κ2) is 4.68. The van der Waals surface area contributed by atoms with Gasteiger partial charge in [-0.25, -0.2) is 4.98 Å². The molecule has 3 rings (SSSR count). The van der Waals surface area contributed by atoms with Gasteiger partial charge in [0.05, 0.1) is 17.9 Å². The second-order valence-corrected chi connectivity index (χ2v) is 5.27. The number of rotatable bonds is 3. The third kappa shape index (κ3) is 2.11. The number of imidazole rings is 1. The fraction of sp³-hybridized carbons (Fsp3) is 0.467. The molecule has 0 bridgehead atoms. The molecule has 0 spiro atoms. The number of carbonyl (C=O) groups is 1. The van der Waals surface area contributed by atoms with Crippen LogP contribution in [0.5, 0.6) is 0 Å². The lowest BCUT2D eigenvalue weighted by Gasteiger charge is -2.14. The Morgan fingerprint density at radius 2 is 2.16 bits per heavy atom. The van der Waals surface area contributed by atoms with E-state index in [-0.39, 0.29) is 5.78 Å². The van der Waals surface area contributed by atoms with E-state index in [4.69, 9.17) is 0 Å². The first-order chi connectivity index (χ1) is 9.16. The monoisotopic (exact) mass is 257 g/mol. The zero-order valence-electron chi connectivity index (χ0n) is 11.5. The molecule has 1 aliphatic carbocycles. The largest absolute Gasteiger partial charge is 0.348 e. The Hall–Kier alpha value is -1.84. The standard InChI is InChI=1S/C15H19N3O/c1-11-16-12-6-3-4-7-13(12)18(11)10-15(19)14-8-5-9-17(14)2/h5,8-9H,3-4,6-7,10H2,1-2H3. The van der Waals surface area contributed by atoms with Crippen molar-refractivity contribution in [1.82, 2.24) is 14.1 Å². The zero-order chi connectivity index (χ0) is 13.4. The van der Waals surface area contributed by atoms with E-state index in [0.29, 0.717) is 6.54 Å². The third-order valence-electron chi connectivity index (χ3n) is 3.95. The molecule has 0 fully saturated rings. The minimum absolute atomic E-state index is 0.154. The predicted octanol–water partition coefficient (Wildman–Crippen LogP) is 2.29. The average Bonchev–Trinajstić information content (AvgIpc) is 2.94. The normalized spacial score (nSPS) is 14.4. The lowest BCUT2D eigenvalue weighted by atomic mass is 10.0. The van der Waals surface area contributed by atoms with Crippen LogP contribution in [0.3, 0.4) is 0 Å². The smallest absolute Gasteiger partial charge is 0.198 e. The summed E-state index contributed by atoms with van der Waals surface area (Å²) in [6.45, 7) is 2.41. The molecule has 1 aliphatic rings. The van der Waals surface area contributed by atoms with Gasteiger partial charge in [-0.15, -0.1) is 0 Å². The number of hydrogen-bond acceptors (Lipinski definition) is 2. The number of aromatic nitrogens is 3. The molecule has 4 heteroatoms. The number of nitrogens with zero attached hydrogens (tertiary/aromatic N) is 3. The predicted molar refractivity (Wildman–Crippen MR) is 73.3 cm³/mol. The van der Waals surface area contributed by atoms with Crippen molar-refractivity contribution in [2.45, 2.75) is 39.2 Å². The Kier molecular flexibility index (Phi) is 3.01. The highest BCUT2D eigenvalue weighted by Crippen LogP contribution is 2.22. The lowest BCUT2D eigenvalue weighted by Crippen LogP contribution is -2.17. The molecule has 0 atom stereocenters. The van der Waals surface area contributed by atoms with Crippen LogP contribution in [-0.4, -0.2) is 19.9 Å². The van der Waals surface area contributed by atoms with Crippen LogP contribution in [0.25, 0.3) is 0 Å². The van der Waals surface area contributed by atoms with Gasteiger partial charge in [0, 0.05) is 18.9 Å². The number of ketones is 1. The first-order valence-electron chi connectivity index (χ1n) is 6.86. The van der Waals surface area contributed by atoms with Crippen molar-refractivity contribution in [1.29, 1.82) is 0 Å². The molecule has 0 aromatic carbocycles. The van der Waals surface area contributed by atoms with Gasteiger partial charge in [0.15, 0.2) is 5.78 Å². The Labute approximate surface area is 113 Å². The van der Waals surface area contributed by atoms with Gasteiger partial charge in [-0.2, -0.15) is 0 Å². The quantitative estimate of drug-likeness (QED) is 0.791. The van der Waals surface area contributed by atoms with Crippen molar-refractivity contribution >= 4 is 5.78 Å². The van der Waals surface area contributed by atoms with Crippen molar-refractivity contribution in [3.05, 3.63) is 41.2 Å². The van der Waals surface area contributed by atoms with E-state index in [1.54, 1.807) is 0 Å². The van der Waals surface area contributed by atoms with Crippen molar-refractivity contribution in [2.75, 3.05) is 0 Å². The van der Waals surface area contributed by atoms with Crippen molar-refractivity contribution in [3.63, 3.8) is 0 Å². The van der Waals surface area contributed by atoms with Crippen LogP contribution in [0.4, 0.5) is 0 Å². The minimum Gasteiger partial charge on any atom is -0.348 e. The molecule has 0 radical (unpaired) electrons. The SMILES string of the molecule is Cc1nc2c(n1CC(=O)c1cccn1C)CCCC2. The van der Waals surface area contributed by atoms with Crippen LogP contribution in [0.15, 0.2) is 18.3 Å². The summed E-state index contributed by atoms with van der Waals surface area (Å²) in [6, 6.07) is 3.78. The number of aryl methyl sites for hydroxylation is 3. The van der Waals surface area contributed by atoms with Crippen molar-refractivity contribution < 1.29 is 4.79 Å². The Balaban J connectivity index is 1.90. The van der Waals surface area contributed by atoms with Gasteiger partial charge in [0.25, 0.3) is 0 Å². The van der Waals surface area contributed by atoms with Crippen LogP contribution in [0.1, 0.15) is 40.5 Å². The fourth-order valence-corrected chi connectivity index (χ4v) is 2.92. The maximum Gasteiger partial charge on any atom is 0.198 e. The van der Waals surface area contributed by atoms with Crippen LogP contribution < -0.4 is 0 Å². The highest BCUT2D eigenvalue weighted by molar-refractivity contribution is 5.94. The van der Waals surface area contributed by atoms with E-state index in [9.17, 15) is 4.79 Å². The van der Waals surface area contributed by atoms with Crippen molar-refractivity contribution in [2.24, 2.45) is 7.05 Å². The summed E-state index contributed by atoms with van der Waals surface area (Å²) < 4.78 is 3.98. The molecule has 2 heterocycles. The number of carbonyl (C=O) groups excluding carboxylic acids is 1. The molecule has 2 aromatic rings. The van der Waals surface area contributed by atoms with Crippen molar-refractivity contribution in [3.8, 4) is 0 Å².